The summed E-state index contributed by atoms with van der Waals surface area (Å²) in [7, 11) is 1.84. The lowest BCUT2D eigenvalue weighted by Gasteiger charge is -2.06. The summed E-state index contributed by atoms with van der Waals surface area (Å²) in [5.74, 6) is -0.0854. The van der Waals surface area contributed by atoms with Crippen molar-refractivity contribution in [2.24, 2.45) is 0 Å². The Morgan fingerprint density at radius 2 is 2.11 bits per heavy atom. The van der Waals surface area contributed by atoms with Gasteiger partial charge in [-0.15, -0.1) is 5.10 Å². The van der Waals surface area contributed by atoms with Gasteiger partial charge in [0.2, 0.25) is 0 Å². The number of anilines is 1. The third-order valence-corrected chi connectivity index (χ3v) is 2.53. The SMILES string of the molecule is CNc1ccc(C(=O)NCCn2ccnn2)cc1. The Bertz CT molecular complexity index is 492. The van der Waals surface area contributed by atoms with Crippen LogP contribution in [0.15, 0.2) is 36.7 Å². The zero-order valence-corrected chi connectivity index (χ0v) is 10.1. The second-order valence-corrected chi connectivity index (χ2v) is 3.75. The van der Waals surface area contributed by atoms with Gasteiger partial charge in [-0.25, -0.2) is 0 Å². The summed E-state index contributed by atoms with van der Waals surface area (Å²) in [6, 6.07) is 7.31. The number of rotatable bonds is 5. The Morgan fingerprint density at radius 3 is 2.72 bits per heavy atom. The van der Waals surface area contributed by atoms with Crippen molar-refractivity contribution in [1.29, 1.82) is 0 Å². The highest BCUT2D eigenvalue weighted by molar-refractivity contribution is 5.94. The molecule has 1 aromatic heterocycles. The van der Waals surface area contributed by atoms with E-state index in [-0.39, 0.29) is 5.91 Å². The fraction of sp³-hybridized carbons (Fsp3) is 0.250. The van der Waals surface area contributed by atoms with Crippen LogP contribution in [-0.4, -0.2) is 34.5 Å². The van der Waals surface area contributed by atoms with E-state index >= 15 is 0 Å². The minimum atomic E-state index is -0.0854. The lowest BCUT2D eigenvalue weighted by Crippen LogP contribution is -2.27. The van der Waals surface area contributed by atoms with Crippen molar-refractivity contribution in [2.75, 3.05) is 18.9 Å². The van der Waals surface area contributed by atoms with Gasteiger partial charge in [0.25, 0.3) is 5.91 Å². The molecule has 2 N–H and O–H groups in total. The molecule has 0 fully saturated rings. The van der Waals surface area contributed by atoms with E-state index in [9.17, 15) is 4.79 Å². The zero-order valence-electron chi connectivity index (χ0n) is 10.1. The van der Waals surface area contributed by atoms with Crippen LogP contribution in [0.5, 0.6) is 0 Å². The number of aromatic nitrogens is 3. The molecule has 0 bridgehead atoms. The zero-order chi connectivity index (χ0) is 12.8. The first-order valence-corrected chi connectivity index (χ1v) is 5.70. The molecule has 1 amide bonds. The van der Waals surface area contributed by atoms with E-state index in [0.717, 1.165) is 5.69 Å². The molecule has 1 heterocycles. The molecular formula is C12H15N5O. The van der Waals surface area contributed by atoms with Crippen LogP contribution in [0.1, 0.15) is 10.4 Å². The van der Waals surface area contributed by atoms with Crippen molar-refractivity contribution < 1.29 is 4.79 Å². The highest BCUT2D eigenvalue weighted by Crippen LogP contribution is 2.08. The highest BCUT2D eigenvalue weighted by Gasteiger charge is 2.04. The second-order valence-electron chi connectivity index (χ2n) is 3.75. The summed E-state index contributed by atoms with van der Waals surface area (Å²) in [5, 5.41) is 13.3. The number of amides is 1. The third-order valence-electron chi connectivity index (χ3n) is 2.53. The van der Waals surface area contributed by atoms with Gasteiger partial charge in [-0.3, -0.25) is 9.48 Å². The Kier molecular flexibility index (Phi) is 3.90. The van der Waals surface area contributed by atoms with E-state index in [1.54, 1.807) is 29.2 Å². The summed E-state index contributed by atoms with van der Waals surface area (Å²) in [6.45, 7) is 1.14. The molecule has 0 saturated heterocycles. The van der Waals surface area contributed by atoms with E-state index in [1.807, 2.05) is 19.2 Å². The molecule has 2 rings (SSSR count). The van der Waals surface area contributed by atoms with Gasteiger partial charge in [-0.05, 0) is 24.3 Å². The molecule has 0 atom stereocenters. The summed E-state index contributed by atoms with van der Waals surface area (Å²) in [5.41, 5.74) is 1.63. The van der Waals surface area contributed by atoms with Gasteiger partial charge in [0.1, 0.15) is 0 Å². The maximum Gasteiger partial charge on any atom is 0.251 e. The number of nitrogens with one attached hydrogen (secondary N) is 2. The first kappa shape index (κ1) is 12.1. The minimum absolute atomic E-state index is 0.0854. The van der Waals surface area contributed by atoms with Crippen molar-refractivity contribution in [3.05, 3.63) is 42.2 Å². The van der Waals surface area contributed by atoms with Crippen LogP contribution in [0, 0.1) is 0 Å². The molecule has 1 aromatic carbocycles. The maximum atomic E-state index is 11.8. The lowest BCUT2D eigenvalue weighted by atomic mass is 10.2. The van der Waals surface area contributed by atoms with Crippen LogP contribution in [0.25, 0.3) is 0 Å². The van der Waals surface area contributed by atoms with Gasteiger partial charge in [-0.2, -0.15) is 0 Å². The number of nitrogens with zero attached hydrogens (tertiary/aromatic N) is 3. The molecular weight excluding hydrogens is 230 g/mol. The molecule has 94 valence electrons. The highest BCUT2D eigenvalue weighted by atomic mass is 16.1. The minimum Gasteiger partial charge on any atom is -0.388 e. The second kappa shape index (κ2) is 5.81. The Hall–Kier alpha value is -2.37. The lowest BCUT2D eigenvalue weighted by molar-refractivity contribution is 0.0952. The molecule has 0 aliphatic carbocycles. The van der Waals surface area contributed by atoms with E-state index in [0.29, 0.717) is 18.7 Å². The smallest absolute Gasteiger partial charge is 0.251 e. The van der Waals surface area contributed by atoms with Crippen molar-refractivity contribution in [1.82, 2.24) is 20.3 Å². The van der Waals surface area contributed by atoms with Crippen molar-refractivity contribution in [3.63, 3.8) is 0 Å². The van der Waals surface area contributed by atoms with Gasteiger partial charge in [0.05, 0.1) is 12.7 Å². The maximum absolute atomic E-state index is 11.8. The van der Waals surface area contributed by atoms with Crippen LogP contribution in [0.3, 0.4) is 0 Å². The molecule has 0 radical (unpaired) electrons. The molecule has 18 heavy (non-hydrogen) atoms. The number of hydrogen-bond acceptors (Lipinski definition) is 4. The fourth-order valence-electron chi connectivity index (χ4n) is 1.53. The molecule has 0 saturated carbocycles. The van der Waals surface area contributed by atoms with Gasteiger partial charge in [0.15, 0.2) is 0 Å². The number of carbonyl (C=O) groups excluding carboxylic acids is 1. The monoisotopic (exact) mass is 245 g/mol. The molecule has 2 aromatic rings. The number of benzene rings is 1. The molecule has 0 spiro atoms. The van der Waals surface area contributed by atoms with E-state index in [2.05, 4.69) is 20.9 Å². The van der Waals surface area contributed by atoms with Gasteiger partial charge >= 0.3 is 0 Å². The van der Waals surface area contributed by atoms with E-state index in [4.69, 9.17) is 0 Å². The summed E-state index contributed by atoms with van der Waals surface area (Å²) in [4.78, 5) is 11.8. The van der Waals surface area contributed by atoms with Crippen molar-refractivity contribution in [2.45, 2.75) is 6.54 Å². The van der Waals surface area contributed by atoms with Gasteiger partial charge in [-0.1, -0.05) is 5.21 Å². The Morgan fingerprint density at radius 1 is 1.33 bits per heavy atom. The third kappa shape index (κ3) is 3.07. The van der Waals surface area contributed by atoms with Crippen molar-refractivity contribution in [3.8, 4) is 0 Å². The van der Waals surface area contributed by atoms with Crippen LogP contribution >= 0.6 is 0 Å². The van der Waals surface area contributed by atoms with Crippen molar-refractivity contribution >= 4 is 11.6 Å². The number of hydrogen-bond donors (Lipinski definition) is 2. The summed E-state index contributed by atoms with van der Waals surface area (Å²) in [6.07, 6.45) is 3.37. The predicted octanol–water partition coefficient (Wildman–Crippen LogP) is 0.750. The number of carbonyl (C=O) groups is 1. The van der Waals surface area contributed by atoms with Gasteiger partial charge in [0, 0.05) is 31.0 Å². The predicted molar refractivity (Wildman–Crippen MR) is 68.3 cm³/mol. The Labute approximate surface area is 105 Å². The average Bonchev–Trinajstić information content (AvgIpc) is 2.92. The molecule has 6 nitrogen and oxygen atoms in total. The van der Waals surface area contributed by atoms with Crippen LogP contribution < -0.4 is 10.6 Å². The van der Waals surface area contributed by atoms with Crippen LogP contribution in [0.4, 0.5) is 5.69 Å². The summed E-state index contributed by atoms with van der Waals surface area (Å²) < 4.78 is 1.67. The topological polar surface area (TPSA) is 71.8 Å². The molecule has 0 aliphatic rings. The van der Waals surface area contributed by atoms with Gasteiger partial charge < -0.3 is 10.6 Å². The first-order chi connectivity index (χ1) is 8.79. The van der Waals surface area contributed by atoms with E-state index < -0.39 is 0 Å². The van der Waals surface area contributed by atoms with E-state index in [1.165, 1.54) is 0 Å². The molecule has 0 unspecified atom stereocenters. The molecule has 0 aliphatic heterocycles. The quantitative estimate of drug-likeness (QED) is 0.815. The van der Waals surface area contributed by atoms with Crippen LogP contribution in [-0.2, 0) is 6.54 Å². The standard InChI is InChI=1S/C12H15N5O/c1-13-11-4-2-10(3-5-11)12(18)14-6-8-17-9-7-15-16-17/h2-5,7,9,13H,6,8H2,1H3,(H,14,18). The average molecular weight is 245 g/mol. The fourth-order valence-corrected chi connectivity index (χ4v) is 1.53. The molecule has 6 heteroatoms. The normalized spacial score (nSPS) is 10.1. The Balaban J connectivity index is 1.83. The summed E-state index contributed by atoms with van der Waals surface area (Å²) >= 11 is 0. The largest absolute Gasteiger partial charge is 0.388 e. The first-order valence-electron chi connectivity index (χ1n) is 5.70. The van der Waals surface area contributed by atoms with Crippen LogP contribution in [0.2, 0.25) is 0 Å².